The summed E-state index contributed by atoms with van der Waals surface area (Å²) in [6, 6.07) is 0. The van der Waals surface area contributed by atoms with Crippen LogP contribution in [0.25, 0.3) is 0 Å². The highest BCUT2D eigenvalue weighted by atomic mass is 16.6. The van der Waals surface area contributed by atoms with Crippen LogP contribution >= 0.6 is 0 Å². The number of aliphatic hydroxyl groups is 2. The van der Waals surface area contributed by atoms with Crippen molar-refractivity contribution in [2.75, 3.05) is 0 Å². The first-order valence-electron chi connectivity index (χ1n) is 7.04. The maximum absolute atomic E-state index is 12.4. The Kier molecular flexibility index (Phi) is 2.55. The zero-order valence-electron chi connectivity index (χ0n) is 11.9. The monoisotopic (exact) mass is 280 g/mol. The van der Waals surface area contributed by atoms with Crippen molar-refractivity contribution < 1.29 is 24.5 Å². The van der Waals surface area contributed by atoms with Crippen molar-refractivity contribution in [3.63, 3.8) is 0 Å². The molecule has 0 radical (unpaired) electrons. The lowest BCUT2D eigenvalue weighted by atomic mass is 9.63. The number of carbonyl (C=O) groups excluding carboxylic acids is 2. The Labute approximate surface area is 117 Å². The molecule has 6 unspecified atom stereocenters. The molecule has 0 amide bonds. The van der Waals surface area contributed by atoms with E-state index in [4.69, 9.17) is 4.74 Å². The molecule has 1 heterocycles. The Morgan fingerprint density at radius 3 is 2.60 bits per heavy atom. The van der Waals surface area contributed by atoms with Gasteiger partial charge in [0.15, 0.2) is 5.78 Å². The highest BCUT2D eigenvalue weighted by Gasteiger charge is 2.71. The Hall–Kier alpha value is -1.20. The molecule has 5 nitrogen and oxygen atoms in total. The molecule has 3 aliphatic rings. The molecule has 6 atom stereocenters. The predicted octanol–water partition coefficient (Wildman–Crippen LogP) is 0.585. The van der Waals surface area contributed by atoms with Gasteiger partial charge in [-0.3, -0.25) is 9.59 Å². The zero-order chi connectivity index (χ0) is 14.9. The van der Waals surface area contributed by atoms with E-state index in [1.807, 2.05) is 0 Å². The van der Waals surface area contributed by atoms with Crippen molar-refractivity contribution in [1.82, 2.24) is 0 Å². The van der Waals surface area contributed by atoms with Crippen LogP contribution in [0.2, 0.25) is 0 Å². The summed E-state index contributed by atoms with van der Waals surface area (Å²) in [5.41, 5.74) is -4.46. The molecule has 2 fully saturated rings. The van der Waals surface area contributed by atoms with Gasteiger partial charge in [0.1, 0.15) is 17.1 Å². The molecule has 1 saturated heterocycles. The van der Waals surface area contributed by atoms with E-state index in [0.717, 1.165) is 0 Å². The van der Waals surface area contributed by atoms with Crippen molar-refractivity contribution in [2.45, 2.75) is 50.9 Å². The Bertz CT molecular complexity index is 522. The lowest BCUT2D eigenvalue weighted by Crippen LogP contribution is -2.63. The average Bonchev–Trinajstić information content (AvgIpc) is 2.77. The molecule has 2 N–H and O–H groups in total. The van der Waals surface area contributed by atoms with Crippen LogP contribution in [-0.4, -0.2) is 39.3 Å². The number of hydrogen-bond donors (Lipinski definition) is 2. The first kappa shape index (κ1) is 13.8. The van der Waals surface area contributed by atoms with Crippen molar-refractivity contribution in [2.24, 2.45) is 17.3 Å². The summed E-state index contributed by atoms with van der Waals surface area (Å²) in [6.45, 7) is 4.92. The first-order chi connectivity index (χ1) is 9.15. The second kappa shape index (κ2) is 3.71. The third-order valence-corrected chi connectivity index (χ3v) is 5.78. The largest absolute Gasteiger partial charge is 0.461 e. The van der Waals surface area contributed by atoms with Crippen molar-refractivity contribution >= 4 is 11.8 Å². The second-order valence-electron chi connectivity index (χ2n) is 6.79. The van der Waals surface area contributed by atoms with Crippen LogP contribution in [0.4, 0.5) is 0 Å². The van der Waals surface area contributed by atoms with E-state index in [9.17, 15) is 19.8 Å². The summed E-state index contributed by atoms with van der Waals surface area (Å²) in [4.78, 5) is 24.2. The van der Waals surface area contributed by atoms with Gasteiger partial charge in [0.25, 0.3) is 0 Å². The number of ether oxygens (including phenoxy) is 1. The Morgan fingerprint density at radius 1 is 1.30 bits per heavy atom. The van der Waals surface area contributed by atoms with Crippen LogP contribution < -0.4 is 0 Å². The quantitative estimate of drug-likeness (QED) is 0.634. The molecule has 0 aromatic carbocycles. The maximum atomic E-state index is 12.4. The van der Waals surface area contributed by atoms with Crippen molar-refractivity contribution in [1.29, 1.82) is 0 Å². The SMILES string of the molecule is CC1C(=O)OC2C1CCC(C)(O)C1(O)C=CC(=O)C21C. The molecule has 2 aliphatic carbocycles. The third-order valence-electron chi connectivity index (χ3n) is 5.78. The van der Waals surface area contributed by atoms with E-state index >= 15 is 0 Å². The summed E-state index contributed by atoms with van der Waals surface area (Å²) in [6.07, 6.45) is 2.84. The van der Waals surface area contributed by atoms with E-state index in [-0.39, 0.29) is 23.6 Å². The molecule has 20 heavy (non-hydrogen) atoms. The Morgan fingerprint density at radius 2 is 1.95 bits per heavy atom. The van der Waals surface area contributed by atoms with Gasteiger partial charge in [-0.05, 0) is 38.8 Å². The number of carbonyl (C=O) groups is 2. The molecule has 1 saturated carbocycles. The van der Waals surface area contributed by atoms with E-state index in [2.05, 4.69) is 0 Å². The Balaban J connectivity index is 2.18. The van der Waals surface area contributed by atoms with Gasteiger partial charge in [0.05, 0.1) is 11.5 Å². The fourth-order valence-electron chi connectivity index (χ4n) is 4.17. The number of rotatable bonds is 0. The molecule has 1 aliphatic heterocycles. The molecule has 0 spiro atoms. The molecular formula is C15H20O5. The summed E-state index contributed by atoms with van der Waals surface area (Å²) in [5, 5.41) is 21.7. The number of allylic oxidation sites excluding steroid dienone is 1. The molecule has 0 aromatic rings. The predicted molar refractivity (Wildman–Crippen MR) is 69.6 cm³/mol. The number of ketones is 1. The van der Waals surface area contributed by atoms with Gasteiger partial charge in [0, 0.05) is 5.92 Å². The number of hydrogen-bond acceptors (Lipinski definition) is 5. The first-order valence-corrected chi connectivity index (χ1v) is 7.04. The highest BCUT2D eigenvalue weighted by Crippen LogP contribution is 2.57. The molecule has 0 bridgehead atoms. The maximum Gasteiger partial charge on any atom is 0.309 e. The van der Waals surface area contributed by atoms with Gasteiger partial charge in [-0.25, -0.2) is 0 Å². The van der Waals surface area contributed by atoms with Gasteiger partial charge < -0.3 is 14.9 Å². The van der Waals surface area contributed by atoms with E-state index < -0.39 is 22.7 Å². The molecular weight excluding hydrogens is 260 g/mol. The number of esters is 1. The van der Waals surface area contributed by atoms with Gasteiger partial charge in [-0.1, -0.05) is 6.92 Å². The fourth-order valence-corrected chi connectivity index (χ4v) is 4.17. The van der Waals surface area contributed by atoms with E-state index in [0.29, 0.717) is 12.8 Å². The fraction of sp³-hybridized carbons (Fsp3) is 0.733. The lowest BCUT2D eigenvalue weighted by Gasteiger charge is -2.47. The van der Waals surface area contributed by atoms with Gasteiger partial charge in [-0.2, -0.15) is 0 Å². The van der Waals surface area contributed by atoms with Gasteiger partial charge >= 0.3 is 5.97 Å². The van der Waals surface area contributed by atoms with Crippen LogP contribution in [0.5, 0.6) is 0 Å². The minimum Gasteiger partial charge on any atom is -0.461 e. The van der Waals surface area contributed by atoms with Crippen molar-refractivity contribution in [3.05, 3.63) is 12.2 Å². The standard InChI is InChI=1S/C15H20O5/c1-8-9-4-6-13(2,18)15(19)7-5-10(16)14(15,3)11(9)20-12(8)17/h5,7-9,11,18-19H,4,6H2,1-3H3. The summed E-state index contributed by atoms with van der Waals surface area (Å²) < 4.78 is 5.43. The third kappa shape index (κ3) is 1.30. The smallest absolute Gasteiger partial charge is 0.309 e. The highest BCUT2D eigenvalue weighted by molar-refractivity contribution is 6.00. The second-order valence-corrected chi connectivity index (χ2v) is 6.79. The number of fused-ring (bicyclic) bond motifs is 3. The average molecular weight is 280 g/mol. The topological polar surface area (TPSA) is 83.8 Å². The summed E-state index contributed by atoms with van der Waals surface area (Å²) in [5.74, 6) is -1.09. The van der Waals surface area contributed by atoms with Gasteiger partial charge in [0.2, 0.25) is 0 Å². The van der Waals surface area contributed by atoms with Crippen LogP contribution in [-0.2, 0) is 14.3 Å². The lowest BCUT2D eigenvalue weighted by molar-refractivity contribution is -0.196. The minimum atomic E-state index is -1.71. The van der Waals surface area contributed by atoms with Crippen LogP contribution in [0.3, 0.4) is 0 Å². The van der Waals surface area contributed by atoms with E-state index in [1.165, 1.54) is 12.2 Å². The normalized spacial score (nSPS) is 54.4. The van der Waals surface area contributed by atoms with Crippen LogP contribution in [0.15, 0.2) is 12.2 Å². The van der Waals surface area contributed by atoms with Crippen molar-refractivity contribution in [3.8, 4) is 0 Å². The van der Waals surface area contributed by atoms with Crippen LogP contribution in [0.1, 0.15) is 33.6 Å². The summed E-state index contributed by atoms with van der Waals surface area (Å²) >= 11 is 0. The minimum absolute atomic E-state index is 0.156. The van der Waals surface area contributed by atoms with Gasteiger partial charge in [-0.15, -0.1) is 0 Å². The van der Waals surface area contributed by atoms with Crippen LogP contribution in [0, 0.1) is 17.3 Å². The zero-order valence-corrected chi connectivity index (χ0v) is 11.9. The molecule has 5 heteroatoms. The molecule has 0 aromatic heterocycles. The van der Waals surface area contributed by atoms with E-state index in [1.54, 1.807) is 20.8 Å². The molecule has 3 rings (SSSR count). The molecule has 110 valence electrons. The summed E-state index contributed by atoms with van der Waals surface area (Å²) in [7, 11) is 0.